The molecule has 1 nitrogen and oxygen atoms in total. The maximum absolute atomic E-state index is 13.3. The molecule has 0 saturated heterocycles. The van der Waals surface area contributed by atoms with Crippen LogP contribution in [0.3, 0.4) is 0 Å². The largest absolute Gasteiger partial charge is 0.393 e. The van der Waals surface area contributed by atoms with Gasteiger partial charge in [-0.05, 0) is 30.4 Å². The van der Waals surface area contributed by atoms with Crippen molar-refractivity contribution in [2.45, 2.75) is 38.2 Å². The Morgan fingerprint density at radius 2 is 2.07 bits per heavy atom. The molecule has 2 heteroatoms. The number of hydrogen-bond donors (Lipinski definition) is 1. The van der Waals surface area contributed by atoms with E-state index in [2.05, 4.69) is 0 Å². The Labute approximate surface area is 89.9 Å². The van der Waals surface area contributed by atoms with Gasteiger partial charge in [-0.25, -0.2) is 4.39 Å². The van der Waals surface area contributed by atoms with Gasteiger partial charge < -0.3 is 5.11 Å². The Bertz CT molecular complexity index is 320. The molecule has 1 aliphatic carbocycles. The van der Waals surface area contributed by atoms with Crippen LogP contribution in [0.5, 0.6) is 0 Å². The molecule has 2 rings (SSSR count). The SMILES string of the molecule is OC(CCC1CC1)Cc1ccccc1F. The van der Waals surface area contributed by atoms with Gasteiger partial charge in [0, 0.05) is 6.42 Å². The predicted octanol–water partition coefficient (Wildman–Crippen LogP) is 2.92. The fourth-order valence-electron chi connectivity index (χ4n) is 1.85. The van der Waals surface area contributed by atoms with E-state index < -0.39 is 0 Å². The van der Waals surface area contributed by atoms with Crippen molar-refractivity contribution >= 4 is 0 Å². The molecule has 0 radical (unpaired) electrons. The minimum absolute atomic E-state index is 0.206. The zero-order chi connectivity index (χ0) is 10.7. The van der Waals surface area contributed by atoms with Gasteiger partial charge in [-0.3, -0.25) is 0 Å². The van der Waals surface area contributed by atoms with Crippen molar-refractivity contribution in [3.8, 4) is 0 Å². The third-order valence-electron chi connectivity index (χ3n) is 3.02. The molecule has 0 spiro atoms. The molecule has 0 bridgehead atoms. The highest BCUT2D eigenvalue weighted by Gasteiger charge is 2.22. The lowest BCUT2D eigenvalue weighted by molar-refractivity contribution is 0.158. The average Bonchev–Trinajstić information content (AvgIpc) is 3.02. The summed E-state index contributed by atoms with van der Waals surface area (Å²) in [7, 11) is 0. The van der Waals surface area contributed by atoms with E-state index in [1.807, 2.05) is 6.07 Å². The molecule has 1 N–H and O–H groups in total. The summed E-state index contributed by atoms with van der Waals surface area (Å²) in [6.07, 6.45) is 4.58. The van der Waals surface area contributed by atoms with Crippen molar-refractivity contribution in [3.05, 3.63) is 35.6 Å². The predicted molar refractivity (Wildman–Crippen MR) is 58.1 cm³/mol. The maximum Gasteiger partial charge on any atom is 0.126 e. The number of halogens is 1. The molecule has 0 aliphatic heterocycles. The highest BCUT2D eigenvalue weighted by atomic mass is 19.1. The Kier molecular flexibility index (Phi) is 3.37. The normalized spacial score (nSPS) is 17.7. The summed E-state index contributed by atoms with van der Waals surface area (Å²) >= 11 is 0. The van der Waals surface area contributed by atoms with Crippen LogP contribution in [-0.2, 0) is 6.42 Å². The first kappa shape index (κ1) is 10.6. The van der Waals surface area contributed by atoms with Gasteiger partial charge in [0.2, 0.25) is 0 Å². The van der Waals surface area contributed by atoms with Gasteiger partial charge in [0.05, 0.1) is 6.10 Å². The monoisotopic (exact) mass is 208 g/mol. The first-order valence-electron chi connectivity index (χ1n) is 5.67. The van der Waals surface area contributed by atoms with Gasteiger partial charge in [-0.15, -0.1) is 0 Å². The first-order valence-corrected chi connectivity index (χ1v) is 5.67. The molecular weight excluding hydrogens is 191 g/mol. The summed E-state index contributed by atoms with van der Waals surface area (Å²) < 4.78 is 13.3. The number of aliphatic hydroxyl groups excluding tert-OH is 1. The van der Waals surface area contributed by atoms with Crippen LogP contribution >= 0.6 is 0 Å². The fraction of sp³-hybridized carbons (Fsp3) is 0.538. The Balaban J connectivity index is 1.81. The van der Waals surface area contributed by atoms with Crippen LogP contribution in [0.15, 0.2) is 24.3 Å². The molecule has 0 amide bonds. The van der Waals surface area contributed by atoms with Gasteiger partial charge in [-0.2, -0.15) is 0 Å². The van der Waals surface area contributed by atoms with Crippen molar-refractivity contribution in [1.82, 2.24) is 0 Å². The van der Waals surface area contributed by atoms with Crippen LogP contribution in [0.25, 0.3) is 0 Å². The van der Waals surface area contributed by atoms with Crippen LogP contribution in [0.1, 0.15) is 31.2 Å². The average molecular weight is 208 g/mol. The minimum Gasteiger partial charge on any atom is -0.393 e. The van der Waals surface area contributed by atoms with E-state index in [9.17, 15) is 9.50 Å². The summed E-state index contributed by atoms with van der Waals surface area (Å²) in [4.78, 5) is 0. The zero-order valence-corrected chi connectivity index (χ0v) is 8.82. The third-order valence-corrected chi connectivity index (χ3v) is 3.02. The second-order valence-corrected chi connectivity index (χ2v) is 4.47. The molecule has 1 unspecified atom stereocenters. The van der Waals surface area contributed by atoms with Gasteiger partial charge in [0.15, 0.2) is 0 Å². The van der Waals surface area contributed by atoms with E-state index in [1.54, 1.807) is 12.1 Å². The summed E-state index contributed by atoms with van der Waals surface area (Å²) in [5.74, 6) is 0.628. The van der Waals surface area contributed by atoms with E-state index >= 15 is 0 Å². The molecule has 1 aliphatic rings. The van der Waals surface area contributed by atoms with E-state index in [4.69, 9.17) is 0 Å². The van der Waals surface area contributed by atoms with Crippen LogP contribution in [0.4, 0.5) is 4.39 Å². The lowest BCUT2D eigenvalue weighted by Gasteiger charge is -2.10. The van der Waals surface area contributed by atoms with Crippen molar-refractivity contribution in [3.63, 3.8) is 0 Å². The standard InChI is InChI=1S/C13H17FO/c14-13-4-2-1-3-11(13)9-12(15)8-7-10-5-6-10/h1-4,10,12,15H,5-9H2. The summed E-state index contributed by atoms with van der Waals surface area (Å²) in [6.45, 7) is 0. The molecule has 82 valence electrons. The van der Waals surface area contributed by atoms with E-state index in [-0.39, 0.29) is 11.9 Å². The second-order valence-electron chi connectivity index (χ2n) is 4.47. The number of hydrogen-bond acceptors (Lipinski definition) is 1. The quantitative estimate of drug-likeness (QED) is 0.788. The molecule has 1 atom stereocenters. The molecule has 0 aromatic heterocycles. The topological polar surface area (TPSA) is 20.2 Å². The minimum atomic E-state index is -0.387. The molecule has 1 fully saturated rings. The lowest BCUT2D eigenvalue weighted by atomic mass is 10.0. The molecule has 15 heavy (non-hydrogen) atoms. The molecule has 1 saturated carbocycles. The summed E-state index contributed by atoms with van der Waals surface area (Å²) in [5, 5.41) is 9.74. The van der Waals surface area contributed by atoms with Crippen LogP contribution in [0.2, 0.25) is 0 Å². The highest BCUT2D eigenvalue weighted by Crippen LogP contribution is 2.34. The highest BCUT2D eigenvalue weighted by molar-refractivity contribution is 5.17. The summed E-state index contributed by atoms with van der Waals surface area (Å²) in [6, 6.07) is 6.68. The number of aliphatic hydroxyl groups is 1. The Morgan fingerprint density at radius 1 is 1.33 bits per heavy atom. The molecule has 1 aromatic rings. The number of rotatable bonds is 5. The molecule has 0 heterocycles. The van der Waals surface area contributed by atoms with Crippen molar-refractivity contribution in [2.75, 3.05) is 0 Å². The van der Waals surface area contributed by atoms with Crippen LogP contribution in [0, 0.1) is 11.7 Å². The first-order chi connectivity index (χ1) is 7.25. The molecular formula is C13H17FO. The van der Waals surface area contributed by atoms with E-state index in [0.717, 1.165) is 18.8 Å². The van der Waals surface area contributed by atoms with Crippen molar-refractivity contribution in [1.29, 1.82) is 0 Å². The third kappa shape index (κ3) is 3.31. The second kappa shape index (κ2) is 4.75. The lowest BCUT2D eigenvalue weighted by Crippen LogP contribution is -2.11. The fourth-order valence-corrected chi connectivity index (χ4v) is 1.85. The van der Waals surface area contributed by atoms with E-state index in [0.29, 0.717) is 12.0 Å². The van der Waals surface area contributed by atoms with Gasteiger partial charge >= 0.3 is 0 Å². The van der Waals surface area contributed by atoms with Gasteiger partial charge in [0.1, 0.15) is 5.82 Å². The van der Waals surface area contributed by atoms with Crippen LogP contribution < -0.4 is 0 Å². The van der Waals surface area contributed by atoms with E-state index in [1.165, 1.54) is 18.9 Å². The smallest absolute Gasteiger partial charge is 0.126 e. The summed E-state index contributed by atoms with van der Waals surface area (Å²) in [5.41, 5.74) is 0.626. The van der Waals surface area contributed by atoms with Crippen molar-refractivity contribution in [2.24, 2.45) is 5.92 Å². The Hall–Kier alpha value is -0.890. The Morgan fingerprint density at radius 3 is 2.73 bits per heavy atom. The molecule has 1 aromatic carbocycles. The van der Waals surface area contributed by atoms with Crippen LogP contribution in [-0.4, -0.2) is 11.2 Å². The zero-order valence-electron chi connectivity index (χ0n) is 8.82. The number of benzene rings is 1. The van der Waals surface area contributed by atoms with Gasteiger partial charge in [-0.1, -0.05) is 31.0 Å². The maximum atomic E-state index is 13.3. The van der Waals surface area contributed by atoms with Gasteiger partial charge in [0.25, 0.3) is 0 Å². The van der Waals surface area contributed by atoms with Crippen molar-refractivity contribution < 1.29 is 9.50 Å².